The van der Waals surface area contributed by atoms with Crippen molar-refractivity contribution in [3.05, 3.63) is 213 Å². The zero-order valence-corrected chi connectivity index (χ0v) is 46.2. The van der Waals surface area contributed by atoms with Gasteiger partial charge in [0, 0.05) is 85.2 Å². The SMILES string of the molecule is Cc1ccccc1-c1cc(C)c(C(C)C)c[n+]1C.[2H]C(C)(C)c1c[n+](C)c(-c2ccccc2C)cc1C.[2H]C([2H])([2H])c1c[n+](C)c(-c2ccccc2C)cc1C([2H])(C)C.[2H]C([2H])([2H])c1c[n+](C)c(-c2ccccc2C)cc1C([2H])(C)C([2H])([2H])[2H]. The van der Waals surface area contributed by atoms with E-state index in [-0.39, 0.29) is 16.7 Å². The molecule has 8 aromatic rings. The molecular formula is C68H88N4+4. The topological polar surface area (TPSA) is 15.5 Å². The van der Waals surface area contributed by atoms with Crippen LogP contribution in [0.3, 0.4) is 0 Å². The predicted octanol–water partition coefficient (Wildman–Crippen LogP) is 15.7. The van der Waals surface area contributed by atoms with Crippen molar-refractivity contribution in [1.82, 2.24) is 0 Å². The quantitative estimate of drug-likeness (QED) is 0.135. The Morgan fingerprint density at radius 1 is 0.333 bits per heavy atom. The van der Waals surface area contributed by atoms with Crippen LogP contribution in [0.15, 0.2) is 146 Å². The van der Waals surface area contributed by atoms with Gasteiger partial charge in [0.15, 0.2) is 24.8 Å². The van der Waals surface area contributed by atoms with Crippen LogP contribution in [0.25, 0.3) is 45.0 Å². The van der Waals surface area contributed by atoms with Crippen LogP contribution in [0.1, 0.15) is 162 Å². The zero-order chi connectivity index (χ0) is 63.4. The van der Waals surface area contributed by atoms with E-state index in [1.54, 1.807) is 31.7 Å². The number of pyridine rings is 4. The number of aryl methyl sites for hydroxylation is 12. The molecule has 0 saturated heterocycles. The van der Waals surface area contributed by atoms with Crippen LogP contribution in [-0.4, -0.2) is 0 Å². The second-order valence-corrected chi connectivity index (χ2v) is 20.0. The fourth-order valence-electron chi connectivity index (χ4n) is 9.18. The van der Waals surface area contributed by atoms with E-state index in [9.17, 15) is 0 Å². The van der Waals surface area contributed by atoms with Gasteiger partial charge in [-0.25, -0.2) is 18.3 Å². The molecular weight excluding hydrogens is 873 g/mol. The molecule has 8 rings (SSSR count). The van der Waals surface area contributed by atoms with Gasteiger partial charge in [0.1, 0.15) is 28.2 Å². The fourth-order valence-corrected chi connectivity index (χ4v) is 9.18. The van der Waals surface area contributed by atoms with Crippen molar-refractivity contribution in [3.63, 3.8) is 0 Å². The summed E-state index contributed by atoms with van der Waals surface area (Å²) in [5.41, 5.74) is 19.0. The number of rotatable bonds is 8. The molecule has 0 aliphatic heterocycles. The molecule has 72 heavy (non-hydrogen) atoms. The van der Waals surface area contributed by atoms with E-state index in [4.69, 9.17) is 16.4 Å². The van der Waals surface area contributed by atoms with Crippen LogP contribution in [0.2, 0.25) is 0 Å². The summed E-state index contributed by atoms with van der Waals surface area (Å²) in [5, 5.41) is 0. The van der Waals surface area contributed by atoms with Gasteiger partial charge in [-0.2, -0.15) is 0 Å². The lowest BCUT2D eigenvalue weighted by atomic mass is 9.96. The van der Waals surface area contributed by atoms with Crippen molar-refractivity contribution in [3.8, 4) is 45.0 Å². The van der Waals surface area contributed by atoms with Gasteiger partial charge in [-0.15, -0.1) is 0 Å². The lowest BCUT2D eigenvalue weighted by molar-refractivity contribution is -0.661. The van der Waals surface area contributed by atoms with E-state index >= 15 is 0 Å². The number of nitrogens with zero attached hydrogens (tertiary/aromatic N) is 4. The lowest BCUT2D eigenvalue weighted by Crippen LogP contribution is -2.32. The molecule has 0 radical (unpaired) electrons. The average Bonchev–Trinajstić information content (AvgIpc) is 1.23. The Balaban J connectivity index is 0.000000206. The highest BCUT2D eigenvalue weighted by Crippen LogP contribution is 2.29. The lowest BCUT2D eigenvalue weighted by Gasteiger charge is -2.11. The minimum atomic E-state index is -2.66. The molecule has 4 nitrogen and oxygen atoms in total. The maximum absolute atomic E-state index is 8.40. The van der Waals surface area contributed by atoms with Crippen molar-refractivity contribution in [2.24, 2.45) is 28.2 Å². The maximum Gasteiger partial charge on any atom is 0.212 e. The largest absolute Gasteiger partial charge is 0.212 e. The zero-order valence-electron chi connectivity index (χ0n) is 58.2. The highest BCUT2D eigenvalue weighted by molar-refractivity contribution is 5.64. The summed E-state index contributed by atoms with van der Waals surface area (Å²) in [6, 6.07) is 40.4. The molecule has 4 heterocycles. The second-order valence-electron chi connectivity index (χ2n) is 20.0. The Kier molecular flexibility index (Phi) is 14.4. The van der Waals surface area contributed by atoms with Crippen LogP contribution in [-0.2, 0) is 28.2 Å². The highest BCUT2D eigenvalue weighted by Gasteiger charge is 2.20. The summed E-state index contributed by atoms with van der Waals surface area (Å²) in [6.07, 6.45) is 7.41. The third kappa shape index (κ3) is 13.9. The van der Waals surface area contributed by atoms with Crippen LogP contribution in [0, 0.1) is 55.2 Å². The molecule has 4 aromatic carbocycles. The molecule has 376 valence electrons. The molecule has 0 saturated carbocycles. The monoisotopic (exact) mass is 973 g/mol. The van der Waals surface area contributed by atoms with Crippen molar-refractivity contribution in [1.29, 1.82) is 0 Å². The van der Waals surface area contributed by atoms with Gasteiger partial charge in [0.05, 0.1) is 0 Å². The Bertz CT molecular complexity index is 3610. The first-order valence-corrected chi connectivity index (χ1v) is 24.9. The van der Waals surface area contributed by atoms with Gasteiger partial charge in [0.25, 0.3) is 0 Å². The van der Waals surface area contributed by atoms with Crippen LogP contribution in [0.5, 0.6) is 0 Å². The van der Waals surface area contributed by atoms with E-state index in [0.29, 0.717) is 17.2 Å². The average molecular weight is 974 g/mol. The Morgan fingerprint density at radius 3 is 0.931 bits per heavy atom. The summed E-state index contributed by atoms with van der Waals surface area (Å²) < 4.78 is 102. The Hall–Kier alpha value is -6.52. The van der Waals surface area contributed by atoms with Crippen LogP contribution >= 0.6 is 0 Å². The maximum atomic E-state index is 8.40. The number of benzene rings is 4. The molecule has 0 fully saturated rings. The molecule has 0 aliphatic rings. The van der Waals surface area contributed by atoms with Gasteiger partial charge in [-0.05, 0) is 148 Å². The molecule has 4 heteroatoms. The first-order chi connectivity index (χ1) is 38.6. The summed E-state index contributed by atoms with van der Waals surface area (Å²) in [6.45, 7) is 18.2. The van der Waals surface area contributed by atoms with Gasteiger partial charge in [-0.3, -0.25) is 0 Å². The summed E-state index contributed by atoms with van der Waals surface area (Å²) in [5.74, 6) is -3.01. The smallest absolute Gasteiger partial charge is 0.201 e. The molecule has 1 atom stereocenters. The molecule has 0 spiro atoms. The molecule has 0 amide bonds. The van der Waals surface area contributed by atoms with E-state index < -0.39 is 38.2 Å². The van der Waals surface area contributed by atoms with Crippen molar-refractivity contribution < 1.29 is 34.7 Å². The van der Waals surface area contributed by atoms with Crippen molar-refractivity contribution in [2.45, 2.75) is 134 Å². The molecule has 0 N–H and O–H groups in total. The van der Waals surface area contributed by atoms with E-state index in [2.05, 4.69) is 138 Å². The van der Waals surface area contributed by atoms with Gasteiger partial charge in [0.2, 0.25) is 22.8 Å². The van der Waals surface area contributed by atoms with E-state index in [1.165, 1.54) is 69.5 Å². The third-order valence-electron chi connectivity index (χ3n) is 13.3. The molecule has 0 bridgehead atoms. The van der Waals surface area contributed by atoms with E-state index in [0.717, 1.165) is 33.5 Å². The highest BCUT2D eigenvalue weighted by atomic mass is 14.9. The predicted molar refractivity (Wildman–Crippen MR) is 306 cm³/mol. The Labute approximate surface area is 453 Å². The third-order valence-corrected chi connectivity index (χ3v) is 13.3. The standard InChI is InChI=1S/4C17H22N/c2*1-12(2)16-10-17(18(5)11-14(16)4)15-9-7-6-8-13(15)3;2*1-12(2)16-11-18(5)17(10-14(16)4)15-9-7-6-8-13(15)3/h4*6-12H,1-5H3/q4*+1/i1D3,4D3,12D;4D3,12D;12D;. The Morgan fingerprint density at radius 2 is 0.625 bits per heavy atom. The summed E-state index contributed by atoms with van der Waals surface area (Å²) in [4.78, 5) is 0. The number of hydrogen-bond acceptors (Lipinski definition) is 0. The normalized spacial score (nSPS) is 15.1. The van der Waals surface area contributed by atoms with Gasteiger partial charge in [-0.1, -0.05) is 128 Å². The van der Waals surface area contributed by atoms with E-state index in [1.807, 2.05) is 93.9 Å². The summed E-state index contributed by atoms with van der Waals surface area (Å²) in [7, 11) is 7.75. The second kappa shape index (κ2) is 25.2. The minimum Gasteiger partial charge on any atom is -0.201 e. The number of aromatic nitrogens is 4. The van der Waals surface area contributed by atoms with Gasteiger partial charge >= 0.3 is 0 Å². The minimum absolute atomic E-state index is 0.00357. The number of hydrogen-bond donors (Lipinski definition) is 0. The molecule has 1 unspecified atom stereocenters. The van der Waals surface area contributed by atoms with Gasteiger partial charge < -0.3 is 0 Å². The fraction of sp³-hybridized carbons (Fsp3) is 0.353. The first-order valence-electron chi connectivity index (χ1n) is 30.9. The molecule has 0 aliphatic carbocycles. The van der Waals surface area contributed by atoms with Crippen molar-refractivity contribution >= 4 is 0 Å². The first kappa shape index (κ1) is 41.0. The van der Waals surface area contributed by atoms with Crippen LogP contribution < -0.4 is 18.3 Å². The van der Waals surface area contributed by atoms with Crippen LogP contribution in [0.4, 0.5) is 0 Å². The van der Waals surface area contributed by atoms with Crippen molar-refractivity contribution in [2.75, 3.05) is 0 Å². The summed E-state index contributed by atoms with van der Waals surface area (Å²) >= 11 is 0. The molecule has 4 aromatic heterocycles.